The summed E-state index contributed by atoms with van der Waals surface area (Å²) in [5.74, 6) is 0. The third-order valence-corrected chi connectivity index (χ3v) is 4.41. The van der Waals surface area contributed by atoms with Crippen LogP contribution in [0.4, 0.5) is 13.2 Å². The van der Waals surface area contributed by atoms with Crippen LogP contribution in [0.25, 0.3) is 5.57 Å². The van der Waals surface area contributed by atoms with Crippen LogP contribution < -0.4 is 0 Å². The van der Waals surface area contributed by atoms with Gasteiger partial charge in [-0.1, -0.05) is 29.8 Å². The smallest absolute Gasteiger partial charge is 0.348 e. The second-order valence-electron chi connectivity index (χ2n) is 4.86. The summed E-state index contributed by atoms with van der Waals surface area (Å²) in [5, 5.41) is 0.646. The van der Waals surface area contributed by atoms with Crippen molar-refractivity contribution in [1.82, 2.24) is 0 Å². The molecule has 0 spiro atoms. The van der Waals surface area contributed by atoms with E-state index in [9.17, 15) is 13.2 Å². The first kappa shape index (κ1) is 18.4. The number of hydrogen-bond acceptors (Lipinski definition) is 3. The summed E-state index contributed by atoms with van der Waals surface area (Å²) in [7, 11) is 0. The number of rotatable bonds is 4. The molecule has 0 bridgehead atoms. The lowest BCUT2D eigenvalue weighted by Gasteiger charge is -2.26. The third kappa shape index (κ3) is 5.57. The standard InChI is InChI=1S/C16H16ClF3O2S/c1-23-13-9-21-15(22-10-13)4-2-3-14(16(18,19)20)11-5-7-12(17)8-6-11/h2-8,13,15H,9-10H2,1H3/b4-2+,14-3-. The highest BCUT2D eigenvalue weighted by atomic mass is 35.5. The average Bonchev–Trinajstić information content (AvgIpc) is 2.52. The maximum absolute atomic E-state index is 13.2. The van der Waals surface area contributed by atoms with Crippen LogP contribution in [0.1, 0.15) is 5.56 Å². The van der Waals surface area contributed by atoms with E-state index in [-0.39, 0.29) is 10.8 Å². The van der Waals surface area contributed by atoms with E-state index >= 15 is 0 Å². The average molecular weight is 365 g/mol. The van der Waals surface area contributed by atoms with Crippen LogP contribution in [-0.2, 0) is 9.47 Å². The number of alkyl halides is 3. The van der Waals surface area contributed by atoms with Crippen LogP contribution >= 0.6 is 23.4 Å². The highest BCUT2D eigenvalue weighted by Crippen LogP contribution is 2.34. The van der Waals surface area contributed by atoms with Crippen molar-refractivity contribution >= 4 is 28.9 Å². The number of hydrogen-bond donors (Lipinski definition) is 0. The Morgan fingerprint density at radius 2 is 1.83 bits per heavy atom. The van der Waals surface area contributed by atoms with Crippen molar-refractivity contribution in [3.8, 4) is 0 Å². The Kier molecular flexibility index (Phi) is 6.59. The highest BCUT2D eigenvalue weighted by Gasteiger charge is 2.34. The number of ether oxygens (including phenoxy) is 2. The van der Waals surface area contributed by atoms with Crippen molar-refractivity contribution in [3.05, 3.63) is 53.1 Å². The maximum Gasteiger partial charge on any atom is 0.416 e. The Hall–Kier alpha value is -0.950. The molecule has 1 aliphatic rings. The van der Waals surface area contributed by atoms with Crippen LogP contribution in [0.15, 0.2) is 42.5 Å². The molecular formula is C16H16ClF3O2S. The SMILES string of the molecule is CSC1COC(/C=C/C=C(/c2ccc(Cl)cc2)C(F)(F)F)OC1. The Bertz CT molecular complexity index is 562. The fourth-order valence-electron chi connectivity index (χ4n) is 1.97. The molecule has 1 heterocycles. The van der Waals surface area contributed by atoms with E-state index in [1.165, 1.54) is 36.4 Å². The van der Waals surface area contributed by atoms with E-state index in [4.69, 9.17) is 21.1 Å². The first-order valence-corrected chi connectivity index (χ1v) is 8.54. The lowest BCUT2D eigenvalue weighted by molar-refractivity contribution is -0.146. The van der Waals surface area contributed by atoms with Crippen molar-refractivity contribution in [2.24, 2.45) is 0 Å². The topological polar surface area (TPSA) is 18.5 Å². The molecule has 0 saturated carbocycles. The fourth-order valence-corrected chi connectivity index (χ4v) is 2.53. The van der Waals surface area contributed by atoms with E-state index < -0.39 is 18.0 Å². The Morgan fingerprint density at radius 1 is 1.22 bits per heavy atom. The largest absolute Gasteiger partial charge is 0.416 e. The summed E-state index contributed by atoms with van der Waals surface area (Å²) < 4.78 is 50.3. The molecule has 0 unspecified atom stereocenters. The van der Waals surface area contributed by atoms with Crippen LogP contribution in [0.5, 0.6) is 0 Å². The summed E-state index contributed by atoms with van der Waals surface area (Å²) >= 11 is 7.34. The Balaban J connectivity index is 2.09. The third-order valence-electron chi connectivity index (χ3n) is 3.22. The minimum Gasteiger partial charge on any atom is -0.348 e. The molecule has 1 fully saturated rings. The molecule has 0 aliphatic carbocycles. The lowest BCUT2D eigenvalue weighted by atomic mass is 10.1. The summed E-state index contributed by atoms with van der Waals surface area (Å²) in [4.78, 5) is 0. The first-order chi connectivity index (χ1) is 10.9. The van der Waals surface area contributed by atoms with Crippen molar-refractivity contribution in [3.63, 3.8) is 0 Å². The van der Waals surface area contributed by atoms with E-state index in [2.05, 4.69) is 0 Å². The maximum atomic E-state index is 13.2. The molecule has 0 aromatic heterocycles. The van der Waals surface area contributed by atoms with Gasteiger partial charge in [-0.05, 0) is 36.1 Å². The van der Waals surface area contributed by atoms with Crippen LogP contribution in [0.3, 0.4) is 0 Å². The number of halogens is 4. The molecule has 2 rings (SSSR count). The van der Waals surface area contributed by atoms with Gasteiger partial charge in [0.05, 0.1) is 24.0 Å². The van der Waals surface area contributed by atoms with E-state index in [1.54, 1.807) is 11.8 Å². The van der Waals surface area contributed by atoms with Gasteiger partial charge in [0.15, 0.2) is 6.29 Å². The zero-order valence-corrected chi connectivity index (χ0v) is 13.9. The van der Waals surface area contributed by atoms with Crippen molar-refractivity contribution in [1.29, 1.82) is 0 Å². The summed E-state index contributed by atoms with van der Waals surface area (Å²) in [6.07, 6.45) is 0.666. The normalized spacial score (nSPS) is 23.4. The van der Waals surface area contributed by atoms with Gasteiger partial charge < -0.3 is 9.47 Å². The molecule has 7 heteroatoms. The molecule has 0 N–H and O–H groups in total. The van der Waals surface area contributed by atoms with Gasteiger partial charge in [0.2, 0.25) is 0 Å². The molecule has 0 atom stereocenters. The number of benzene rings is 1. The minimum atomic E-state index is -4.46. The quantitative estimate of drug-likeness (QED) is 0.704. The molecule has 0 amide bonds. The molecule has 1 saturated heterocycles. The second kappa shape index (κ2) is 8.24. The minimum absolute atomic E-state index is 0.0551. The monoisotopic (exact) mass is 364 g/mol. The molecule has 1 aliphatic heterocycles. The molecule has 1 aromatic rings. The van der Waals surface area contributed by atoms with Gasteiger partial charge >= 0.3 is 6.18 Å². The van der Waals surface area contributed by atoms with Gasteiger partial charge in [-0.2, -0.15) is 24.9 Å². The van der Waals surface area contributed by atoms with Gasteiger partial charge in [-0.15, -0.1) is 0 Å². The van der Waals surface area contributed by atoms with Gasteiger partial charge in [0.25, 0.3) is 0 Å². The molecule has 0 radical (unpaired) electrons. The van der Waals surface area contributed by atoms with Crippen LogP contribution in [0.2, 0.25) is 5.02 Å². The van der Waals surface area contributed by atoms with E-state index in [0.29, 0.717) is 18.2 Å². The molecule has 126 valence electrons. The molecule has 2 nitrogen and oxygen atoms in total. The molecule has 23 heavy (non-hydrogen) atoms. The summed E-state index contributed by atoms with van der Waals surface area (Å²) in [6.45, 7) is 1.03. The molecular weight excluding hydrogens is 349 g/mol. The second-order valence-corrected chi connectivity index (χ2v) is 6.44. The fraction of sp³-hybridized carbons (Fsp3) is 0.375. The Labute approximate surface area is 142 Å². The van der Waals surface area contributed by atoms with Crippen LogP contribution in [-0.4, -0.2) is 37.2 Å². The van der Waals surface area contributed by atoms with Crippen molar-refractivity contribution < 1.29 is 22.6 Å². The Morgan fingerprint density at radius 3 is 2.35 bits per heavy atom. The van der Waals surface area contributed by atoms with Gasteiger partial charge in [-0.3, -0.25) is 0 Å². The summed E-state index contributed by atoms with van der Waals surface area (Å²) in [6, 6.07) is 5.53. The lowest BCUT2D eigenvalue weighted by Crippen LogP contribution is -2.32. The van der Waals surface area contributed by atoms with Gasteiger partial charge in [-0.25, -0.2) is 0 Å². The zero-order chi connectivity index (χ0) is 16.9. The van der Waals surface area contributed by atoms with Gasteiger partial charge in [0.1, 0.15) is 0 Å². The predicted octanol–water partition coefficient (Wildman–Crippen LogP) is 4.95. The zero-order valence-electron chi connectivity index (χ0n) is 12.3. The van der Waals surface area contributed by atoms with Gasteiger partial charge in [0, 0.05) is 5.02 Å². The van der Waals surface area contributed by atoms with Crippen LogP contribution in [0, 0.1) is 0 Å². The first-order valence-electron chi connectivity index (χ1n) is 6.88. The number of thioether (sulfide) groups is 1. The predicted molar refractivity (Wildman–Crippen MR) is 87.6 cm³/mol. The number of allylic oxidation sites excluding steroid dienone is 3. The highest BCUT2D eigenvalue weighted by molar-refractivity contribution is 7.99. The molecule has 1 aromatic carbocycles. The van der Waals surface area contributed by atoms with Crippen molar-refractivity contribution in [2.75, 3.05) is 19.5 Å². The van der Waals surface area contributed by atoms with Crippen molar-refractivity contribution in [2.45, 2.75) is 17.7 Å². The van der Waals surface area contributed by atoms with E-state index in [0.717, 1.165) is 6.08 Å². The summed E-state index contributed by atoms with van der Waals surface area (Å²) in [5.41, 5.74) is -0.692. The van der Waals surface area contributed by atoms with E-state index in [1.807, 2.05) is 6.26 Å².